The molecule has 1 saturated heterocycles. The number of hydrogen-bond donors (Lipinski definition) is 0. The molecular formula is C13H19NOS. The summed E-state index contributed by atoms with van der Waals surface area (Å²) in [6.45, 7) is 6.53. The zero-order valence-electron chi connectivity index (χ0n) is 9.93. The largest absolute Gasteiger partial charge is 0.352 e. The second-order valence-corrected chi connectivity index (χ2v) is 5.00. The second-order valence-electron chi connectivity index (χ2n) is 3.91. The van der Waals surface area contributed by atoms with Gasteiger partial charge in [0, 0.05) is 10.6 Å². The summed E-state index contributed by atoms with van der Waals surface area (Å²) in [4.78, 5) is 3.70. The second kappa shape index (κ2) is 5.71. The van der Waals surface area contributed by atoms with Gasteiger partial charge in [-0.15, -0.1) is 11.8 Å². The Balaban J connectivity index is 1.74. The van der Waals surface area contributed by atoms with Crippen molar-refractivity contribution in [3.63, 3.8) is 0 Å². The quantitative estimate of drug-likeness (QED) is 0.559. The Morgan fingerprint density at radius 2 is 1.88 bits per heavy atom. The van der Waals surface area contributed by atoms with Gasteiger partial charge in [-0.2, -0.15) is 0 Å². The number of epoxide rings is 1. The molecule has 0 amide bonds. The van der Waals surface area contributed by atoms with E-state index in [1.165, 1.54) is 4.90 Å². The highest BCUT2D eigenvalue weighted by atomic mass is 32.2. The number of ether oxygens (including phenoxy) is 1. The number of nitrogens with zero attached hydrogens (tertiary/aromatic N) is 1. The van der Waals surface area contributed by atoms with Crippen LogP contribution in [0.25, 0.3) is 0 Å². The SMILES string of the molecule is CCN(CC)C1OC1CSc1ccccc1. The minimum atomic E-state index is 0.367. The van der Waals surface area contributed by atoms with Crippen molar-refractivity contribution in [2.24, 2.45) is 0 Å². The van der Waals surface area contributed by atoms with Gasteiger partial charge in [-0.1, -0.05) is 32.0 Å². The molecule has 16 heavy (non-hydrogen) atoms. The third-order valence-corrected chi connectivity index (χ3v) is 3.99. The van der Waals surface area contributed by atoms with Crippen LogP contribution in [0, 0.1) is 0 Å². The molecule has 0 N–H and O–H groups in total. The molecule has 1 aromatic rings. The maximum absolute atomic E-state index is 5.69. The molecule has 2 unspecified atom stereocenters. The van der Waals surface area contributed by atoms with Crippen molar-refractivity contribution in [1.82, 2.24) is 4.90 Å². The van der Waals surface area contributed by atoms with Gasteiger partial charge in [-0.05, 0) is 25.2 Å². The van der Waals surface area contributed by atoms with Gasteiger partial charge in [0.25, 0.3) is 0 Å². The third kappa shape index (κ3) is 3.00. The van der Waals surface area contributed by atoms with Gasteiger partial charge in [0.2, 0.25) is 0 Å². The third-order valence-electron chi connectivity index (χ3n) is 2.89. The van der Waals surface area contributed by atoms with E-state index in [-0.39, 0.29) is 0 Å². The maximum Gasteiger partial charge on any atom is 0.138 e. The standard InChI is InChI=1S/C13H19NOS/c1-3-14(4-2)13-12(15-13)10-16-11-8-6-5-7-9-11/h5-9,12-13H,3-4,10H2,1-2H3. The molecule has 1 heterocycles. The summed E-state index contributed by atoms with van der Waals surface area (Å²) >= 11 is 1.88. The lowest BCUT2D eigenvalue weighted by molar-refractivity contribution is 0.191. The molecule has 2 rings (SSSR count). The Hall–Kier alpha value is -0.510. The number of rotatable bonds is 6. The van der Waals surface area contributed by atoms with Gasteiger partial charge >= 0.3 is 0 Å². The molecule has 1 aliphatic heterocycles. The van der Waals surface area contributed by atoms with E-state index in [0.717, 1.165) is 18.8 Å². The van der Waals surface area contributed by atoms with Crippen LogP contribution >= 0.6 is 11.8 Å². The van der Waals surface area contributed by atoms with E-state index in [1.54, 1.807) is 0 Å². The Morgan fingerprint density at radius 1 is 1.19 bits per heavy atom. The van der Waals surface area contributed by atoms with Crippen LogP contribution in [0.2, 0.25) is 0 Å². The average Bonchev–Trinajstić information content (AvgIpc) is 3.09. The summed E-state index contributed by atoms with van der Waals surface area (Å²) in [5.74, 6) is 1.06. The van der Waals surface area contributed by atoms with Crippen molar-refractivity contribution >= 4 is 11.8 Å². The molecular weight excluding hydrogens is 218 g/mol. The van der Waals surface area contributed by atoms with Crippen LogP contribution in [0.5, 0.6) is 0 Å². The summed E-state index contributed by atoms with van der Waals surface area (Å²) in [6.07, 6.45) is 0.788. The molecule has 0 aliphatic carbocycles. The van der Waals surface area contributed by atoms with Crippen LogP contribution in [0.3, 0.4) is 0 Å². The topological polar surface area (TPSA) is 15.8 Å². The molecule has 88 valence electrons. The van der Waals surface area contributed by atoms with E-state index < -0.39 is 0 Å². The molecule has 0 saturated carbocycles. The van der Waals surface area contributed by atoms with E-state index in [2.05, 4.69) is 49.1 Å². The van der Waals surface area contributed by atoms with Gasteiger partial charge in [0.1, 0.15) is 12.3 Å². The molecule has 0 spiro atoms. The van der Waals surface area contributed by atoms with E-state index in [1.807, 2.05) is 11.8 Å². The van der Waals surface area contributed by atoms with Crippen molar-refractivity contribution in [2.75, 3.05) is 18.8 Å². The van der Waals surface area contributed by atoms with Crippen molar-refractivity contribution in [3.05, 3.63) is 30.3 Å². The van der Waals surface area contributed by atoms with E-state index in [4.69, 9.17) is 4.74 Å². The molecule has 0 radical (unpaired) electrons. The van der Waals surface area contributed by atoms with Gasteiger partial charge in [0.15, 0.2) is 0 Å². The fourth-order valence-corrected chi connectivity index (χ4v) is 2.80. The number of hydrogen-bond acceptors (Lipinski definition) is 3. The smallest absolute Gasteiger partial charge is 0.138 e. The van der Waals surface area contributed by atoms with Crippen LogP contribution in [0.4, 0.5) is 0 Å². The van der Waals surface area contributed by atoms with Gasteiger partial charge in [-0.3, -0.25) is 4.90 Å². The lowest BCUT2D eigenvalue weighted by Gasteiger charge is -2.14. The first kappa shape index (κ1) is 12.0. The lowest BCUT2D eigenvalue weighted by Crippen LogP contribution is -2.28. The molecule has 1 aliphatic rings. The maximum atomic E-state index is 5.69. The highest BCUT2D eigenvalue weighted by Gasteiger charge is 2.42. The Morgan fingerprint density at radius 3 is 2.50 bits per heavy atom. The minimum Gasteiger partial charge on any atom is -0.352 e. The number of thioether (sulfide) groups is 1. The molecule has 2 nitrogen and oxygen atoms in total. The first-order chi connectivity index (χ1) is 7.85. The van der Waals surface area contributed by atoms with E-state index in [0.29, 0.717) is 12.3 Å². The Labute approximate surface area is 102 Å². The van der Waals surface area contributed by atoms with Crippen LogP contribution in [-0.4, -0.2) is 36.1 Å². The number of benzene rings is 1. The van der Waals surface area contributed by atoms with Crippen molar-refractivity contribution in [2.45, 2.75) is 31.1 Å². The van der Waals surface area contributed by atoms with Gasteiger partial charge in [0.05, 0.1) is 0 Å². The fraction of sp³-hybridized carbons (Fsp3) is 0.538. The highest BCUT2D eigenvalue weighted by Crippen LogP contribution is 2.31. The van der Waals surface area contributed by atoms with Crippen molar-refractivity contribution in [3.8, 4) is 0 Å². The Bertz CT molecular complexity index is 313. The van der Waals surface area contributed by atoms with E-state index in [9.17, 15) is 0 Å². The predicted octanol–water partition coefficient (Wildman–Crippen LogP) is 2.85. The fourth-order valence-electron chi connectivity index (χ4n) is 1.86. The van der Waals surface area contributed by atoms with E-state index >= 15 is 0 Å². The summed E-state index contributed by atoms with van der Waals surface area (Å²) in [6, 6.07) is 10.5. The first-order valence-electron chi connectivity index (χ1n) is 5.92. The summed E-state index contributed by atoms with van der Waals surface area (Å²) in [5, 5.41) is 0. The zero-order chi connectivity index (χ0) is 11.4. The van der Waals surface area contributed by atoms with Crippen molar-refractivity contribution < 1.29 is 4.74 Å². The van der Waals surface area contributed by atoms with Gasteiger partial charge < -0.3 is 4.74 Å². The number of likely N-dealkylation sites (N-methyl/N-ethyl adjacent to an activating group) is 1. The Kier molecular flexibility index (Phi) is 4.27. The molecule has 2 atom stereocenters. The van der Waals surface area contributed by atoms with Gasteiger partial charge in [-0.25, -0.2) is 0 Å². The summed E-state index contributed by atoms with van der Waals surface area (Å²) < 4.78 is 5.69. The lowest BCUT2D eigenvalue weighted by atomic mass is 10.4. The van der Waals surface area contributed by atoms with Crippen LogP contribution < -0.4 is 0 Å². The monoisotopic (exact) mass is 237 g/mol. The van der Waals surface area contributed by atoms with Crippen LogP contribution in [0.15, 0.2) is 35.2 Å². The molecule has 0 aromatic heterocycles. The van der Waals surface area contributed by atoms with Crippen LogP contribution in [0.1, 0.15) is 13.8 Å². The highest BCUT2D eigenvalue weighted by molar-refractivity contribution is 7.99. The minimum absolute atomic E-state index is 0.367. The molecule has 0 bridgehead atoms. The predicted molar refractivity (Wildman–Crippen MR) is 68.7 cm³/mol. The van der Waals surface area contributed by atoms with Crippen LogP contribution in [-0.2, 0) is 4.74 Å². The molecule has 3 heteroatoms. The molecule has 1 aromatic carbocycles. The van der Waals surface area contributed by atoms with Crippen molar-refractivity contribution in [1.29, 1.82) is 0 Å². The zero-order valence-corrected chi connectivity index (χ0v) is 10.7. The normalized spacial score (nSPS) is 23.7. The molecule has 1 fully saturated rings. The first-order valence-corrected chi connectivity index (χ1v) is 6.91. The summed E-state index contributed by atoms with van der Waals surface area (Å²) in [7, 11) is 0. The average molecular weight is 237 g/mol. The summed E-state index contributed by atoms with van der Waals surface area (Å²) in [5.41, 5.74) is 0.